The summed E-state index contributed by atoms with van der Waals surface area (Å²) in [6.45, 7) is 8.63. The van der Waals surface area contributed by atoms with Gasteiger partial charge in [-0.05, 0) is 37.1 Å². The topological polar surface area (TPSA) is 81.3 Å². The van der Waals surface area contributed by atoms with Crippen LogP contribution in [0.3, 0.4) is 0 Å². The predicted molar refractivity (Wildman–Crippen MR) is 128 cm³/mol. The monoisotopic (exact) mass is 452 g/mol. The molecule has 1 aliphatic rings. The van der Waals surface area contributed by atoms with Gasteiger partial charge in [-0.25, -0.2) is 4.98 Å². The molecule has 1 aromatic carbocycles. The molecule has 7 nitrogen and oxygen atoms in total. The van der Waals surface area contributed by atoms with Crippen LogP contribution in [0.1, 0.15) is 31.2 Å². The van der Waals surface area contributed by atoms with Crippen molar-refractivity contribution in [2.75, 3.05) is 36.4 Å². The van der Waals surface area contributed by atoms with Crippen LogP contribution in [0, 0.1) is 6.92 Å². The fraction of sp³-hybridized carbons (Fsp3) is 0.333. The molecular formula is C24H27ClN5O2. The van der Waals surface area contributed by atoms with Crippen LogP contribution in [-0.4, -0.2) is 52.9 Å². The van der Waals surface area contributed by atoms with Crippen molar-refractivity contribution in [3.05, 3.63) is 60.2 Å². The number of amides is 2. The zero-order chi connectivity index (χ0) is 22.7. The fourth-order valence-corrected chi connectivity index (χ4v) is 4.19. The van der Waals surface area contributed by atoms with E-state index in [-0.39, 0.29) is 11.8 Å². The molecule has 4 rings (SSSR count). The number of carbonyl (C=O) groups excluding carboxylic acids is 2. The second-order valence-electron chi connectivity index (χ2n) is 7.97. The molecule has 2 aromatic heterocycles. The number of nitrogens with zero attached hydrogens (tertiary/aromatic N) is 3. The van der Waals surface area contributed by atoms with Crippen molar-refractivity contribution in [2.45, 2.75) is 25.7 Å². The number of fused-ring (bicyclic) bond motifs is 1. The highest BCUT2D eigenvalue weighted by molar-refractivity contribution is 6.30. The van der Waals surface area contributed by atoms with Gasteiger partial charge < -0.3 is 20.1 Å². The third-order valence-electron chi connectivity index (χ3n) is 5.81. The third kappa shape index (κ3) is 4.58. The molecular weight excluding hydrogens is 426 g/mol. The van der Waals surface area contributed by atoms with Crippen LogP contribution in [0.15, 0.2) is 42.7 Å². The molecule has 1 aliphatic heterocycles. The first-order chi connectivity index (χ1) is 15.5. The number of hydrogen-bond acceptors (Lipinski definition) is 4. The van der Waals surface area contributed by atoms with Gasteiger partial charge in [0.1, 0.15) is 5.65 Å². The molecule has 0 bridgehead atoms. The van der Waals surface area contributed by atoms with Crippen LogP contribution in [0.4, 0.5) is 11.4 Å². The van der Waals surface area contributed by atoms with Gasteiger partial charge in [0.15, 0.2) is 0 Å². The number of nitrogens with one attached hydrogen (secondary N) is 2. The quantitative estimate of drug-likeness (QED) is 0.586. The summed E-state index contributed by atoms with van der Waals surface area (Å²) in [7, 11) is 0. The number of H-pyrrole nitrogens is 1. The number of hydrogen-bond donors (Lipinski definition) is 2. The van der Waals surface area contributed by atoms with E-state index in [9.17, 15) is 9.59 Å². The zero-order valence-corrected chi connectivity index (χ0v) is 18.9. The van der Waals surface area contributed by atoms with Gasteiger partial charge in [0.2, 0.25) is 11.8 Å². The van der Waals surface area contributed by atoms with Crippen molar-refractivity contribution < 1.29 is 9.59 Å². The van der Waals surface area contributed by atoms with E-state index in [0.29, 0.717) is 37.6 Å². The van der Waals surface area contributed by atoms with E-state index >= 15 is 0 Å². The summed E-state index contributed by atoms with van der Waals surface area (Å²) in [5.41, 5.74) is 3.32. The SMILES string of the molecule is [CH2][C@H](C(=O)N1CCN(c2ccnc3[nH]cc(NC(=O)CCC)c23)CC1)c1ccc(Cl)cc1. The zero-order valence-electron chi connectivity index (χ0n) is 18.1. The normalized spacial score (nSPS) is 15.1. The van der Waals surface area contributed by atoms with Gasteiger partial charge in [0.05, 0.1) is 22.7 Å². The maximum atomic E-state index is 13.0. The lowest BCUT2D eigenvalue weighted by molar-refractivity contribution is -0.132. The van der Waals surface area contributed by atoms with Gasteiger partial charge in [-0.1, -0.05) is 30.7 Å². The molecule has 0 unspecified atom stereocenters. The maximum absolute atomic E-state index is 13.0. The van der Waals surface area contributed by atoms with E-state index < -0.39 is 5.92 Å². The van der Waals surface area contributed by atoms with Gasteiger partial charge in [0.25, 0.3) is 0 Å². The van der Waals surface area contributed by atoms with Crippen molar-refractivity contribution in [3.8, 4) is 0 Å². The highest BCUT2D eigenvalue weighted by atomic mass is 35.5. The summed E-state index contributed by atoms with van der Waals surface area (Å²) in [6.07, 6.45) is 4.81. The Balaban J connectivity index is 1.47. The van der Waals surface area contributed by atoms with Crippen molar-refractivity contribution in [1.82, 2.24) is 14.9 Å². The molecule has 1 atom stereocenters. The lowest BCUT2D eigenvalue weighted by Gasteiger charge is -2.37. The summed E-state index contributed by atoms with van der Waals surface area (Å²) < 4.78 is 0. The highest BCUT2D eigenvalue weighted by Gasteiger charge is 2.27. The van der Waals surface area contributed by atoms with Crippen LogP contribution in [0.2, 0.25) is 5.02 Å². The van der Waals surface area contributed by atoms with E-state index in [1.165, 1.54) is 0 Å². The van der Waals surface area contributed by atoms with Crippen LogP contribution in [0.5, 0.6) is 0 Å². The molecule has 32 heavy (non-hydrogen) atoms. The molecule has 3 heterocycles. The van der Waals surface area contributed by atoms with Crippen LogP contribution >= 0.6 is 11.6 Å². The minimum Gasteiger partial charge on any atom is -0.367 e. The van der Waals surface area contributed by atoms with E-state index in [2.05, 4.69) is 27.1 Å². The Morgan fingerprint density at radius 3 is 2.59 bits per heavy atom. The molecule has 167 valence electrons. The maximum Gasteiger partial charge on any atom is 0.230 e. The Labute approximate surface area is 192 Å². The van der Waals surface area contributed by atoms with Crippen LogP contribution < -0.4 is 10.2 Å². The third-order valence-corrected chi connectivity index (χ3v) is 6.06. The average molecular weight is 453 g/mol. The molecule has 2 amide bonds. The van der Waals surface area contributed by atoms with E-state index in [0.717, 1.165) is 34.4 Å². The van der Waals surface area contributed by atoms with Crippen LogP contribution in [0.25, 0.3) is 11.0 Å². The Hall–Kier alpha value is -3.06. The van der Waals surface area contributed by atoms with Crippen molar-refractivity contribution >= 4 is 45.8 Å². The average Bonchev–Trinajstić information content (AvgIpc) is 3.22. The second-order valence-corrected chi connectivity index (χ2v) is 8.41. The van der Waals surface area contributed by atoms with E-state index in [1.807, 2.05) is 30.0 Å². The summed E-state index contributed by atoms with van der Waals surface area (Å²) in [4.78, 5) is 36.8. The predicted octanol–water partition coefficient (Wildman–Crippen LogP) is 4.22. The van der Waals surface area contributed by atoms with E-state index in [1.54, 1.807) is 24.5 Å². The number of benzene rings is 1. The number of aromatic amines is 1. The molecule has 0 aliphatic carbocycles. The number of pyridine rings is 1. The molecule has 1 fully saturated rings. The smallest absolute Gasteiger partial charge is 0.230 e. The Morgan fingerprint density at radius 2 is 1.91 bits per heavy atom. The lowest BCUT2D eigenvalue weighted by Crippen LogP contribution is -2.50. The number of aromatic nitrogens is 2. The van der Waals surface area contributed by atoms with Crippen LogP contribution in [-0.2, 0) is 9.59 Å². The summed E-state index contributed by atoms with van der Waals surface area (Å²) in [5, 5.41) is 4.53. The van der Waals surface area contributed by atoms with Gasteiger partial charge in [-0.2, -0.15) is 0 Å². The molecule has 0 spiro atoms. The first-order valence-corrected chi connectivity index (χ1v) is 11.2. The van der Waals surface area contributed by atoms with Gasteiger partial charge >= 0.3 is 0 Å². The Morgan fingerprint density at radius 1 is 1.19 bits per heavy atom. The van der Waals surface area contributed by atoms with Gasteiger partial charge in [-0.3, -0.25) is 9.59 Å². The Bertz CT molecular complexity index is 1100. The lowest BCUT2D eigenvalue weighted by atomic mass is 9.99. The second kappa shape index (κ2) is 9.61. The minimum absolute atomic E-state index is 0.0118. The standard InChI is InChI=1S/C24H27ClN5O2/c1-3-4-21(31)28-19-15-27-23-22(19)20(9-10-26-23)29-11-13-30(14-12-29)24(32)16(2)17-5-7-18(25)8-6-17/h5-10,15-16H,2-4,11-14H2,1H3,(H,26,27)(H,28,31)/t16-/m0/s1. The number of rotatable bonds is 6. The van der Waals surface area contributed by atoms with Gasteiger partial charge in [0, 0.05) is 50.0 Å². The molecule has 1 saturated heterocycles. The molecule has 1 radical (unpaired) electrons. The molecule has 2 N–H and O–H groups in total. The molecule has 8 heteroatoms. The van der Waals surface area contributed by atoms with Crippen molar-refractivity contribution in [1.29, 1.82) is 0 Å². The first-order valence-electron chi connectivity index (χ1n) is 10.9. The number of anilines is 2. The molecule has 0 saturated carbocycles. The van der Waals surface area contributed by atoms with Crippen molar-refractivity contribution in [2.24, 2.45) is 0 Å². The first kappa shape index (κ1) is 22.1. The summed E-state index contributed by atoms with van der Waals surface area (Å²) in [6, 6.07) is 9.22. The van der Waals surface area contributed by atoms with Gasteiger partial charge in [-0.15, -0.1) is 0 Å². The summed E-state index contributed by atoms with van der Waals surface area (Å²) in [5.74, 6) is -0.459. The number of carbonyl (C=O) groups is 2. The van der Waals surface area contributed by atoms with E-state index in [4.69, 9.17) is 11.6 Å². The fourth-order valence-electron chi connectivity index (χ4n) is 4.07. The minimum atomic E-state index is -0.462. The molecule has 3 aromatic rings. The highest BCUT2D eigenvalue weighted by Crippen LogP contribution is 2.33. The number of halogens is 1. The summed E-state index contributed by atoms with van der Waals surface area (Å²) >= 11 is 5.96. The Kier molecular flexibility index (Phi) is 6.65. The number of piperazine rings is 1. The largest absolute Gasteiger partial charge is 0.367 e. The van der Waals surface area contributed by atoms with Crippen molar-refractivity contribution in [3.63, 3.8) is 0 Å².